The van der Waals surface area contributed by atoms with Crippen LogP contribution in [0.2, 0.25) is 25.7 Å². The lowest BCUT2D eigenvalue weighted by molar-refractivity contribution is -0.149. The number of rotatable bonds is 8. The van der Waals surface area contributed by atoms with Crippen molar-refractivity contribution in [2.45, 2.75) is 44.6 Å². The molecule has 0 rings (SSSR count). The fourth-order valence-electron chi connectivity index (χ4n) is 1.53. The van der Waals surface area contributed by atoms with E-state index < -0.39 is 26.1 Å². The summed E-state index contributed by atoms with van der Waals surface area (Å²) in [5.41, 5.74) is 0. The number of nitrogens with one attached hydrogen (secondary N) is 1. The van der Waals surface area contributed by atoms with Crippen LogP contribution in [0, 0.1) is 0 Å². The zero-order valence-electron chi connectivity index (χ0n) is 12.0. The Labute approximate surface area is 110 Å². The number of methoxy groups -OCH3 is 2. The molecule has 0 heterocycles. The van der Waals surface area contributed by atoms with Crippen molar-refractivity contribution in [3.63, 3.8) is 0 Å². The molecule has 0 saturated heterocycles. The van der Waals surface area contributed by atoms with Crippen LogP contribution < -0.4 is 5.32 Å². The fourth-order valence-corrected chi connectivity index (χ4v) is 2.76. The summed E-state index contributed by atoms with van der Waals surface area (Å²) in [6.45, 7) is 7.62. The summed E-state index contributed by atoms with van der Waals surface area (Å²) in [7, 11) is 1.57. The van der Waals surface area contributed by atoms with Crippen LogP contribution in [0.5, 0.6) is 0 Å². The number of hydrogen-bond acceptors (Lipinski definition) is 5. The maximum atomic E-state index is 11.5. The average Bonchev–Trinajstić information content (AvgIpc) is 2.30. The lowest BCUT2D eigenvalue weighted by Crippen LogP contribution is -2.40. The first-order valence-electron chi connectivity index (χ1n) is 6.18. The molecule has 0 spiro atoms. The predicted octanol–water partition coefficient (Wildman–Crippen LogP) is 1.41. The van der Waals surface area contributed by atoms with Gasteiger partial charge in [-0.15, -0.1) is 0 Å². The normalized spacial score (nSPS) is 12.9. The maximum absolute atomic E-state index is 11.5. The Morgan fingerprint density at radius 2 is 1.78 bits per heavy atom. The molecule has 18 heavy (non-hydrogen) atoms. The minimum atomic E-state index is -1.05. The van der Waals surface area contributed by atoms with Gasteiger partial charge in [-0.2, -0.15) is 0 Å². The van der Waals surface area contributed by atoms with Crippen LogP contribution in [0.25, 0.3) is 0 Å². The van der Waals surface area contributed by atoms with E-state index >= 15 is 0 Å². The molecule has 0 radical (unpaired) electrons. The molecule has 0 amide bonds. The molecule has 106 valence electrons. The first kappa shape index (κ1) is 17.1. The van der Waals surface area contributed by atoms with Crippen molar-refractivity contribution >= 4 is 20.0 Å². The fraction of sp³-hybridized carbons (Fsp3) is 0.833. The van der Waals surface area contributed by atoms with E-state index in [1.807, 2.05) is 0 Å². The first-order valence-corrected chi connectivity index (χ1v) is 9.89. The Hall–Kier alpha value is -0.883. The van der Waals surface area contributed by atoms with Gasteiger partial charge in [-0.1, -0.05) is 25.7 Å². The molecule has 1 unspecified atom stereocenters. The minimum Gasteiger partial charge on any atom is -0.469 e. The van der Waals surface area contributed by atoms with Gasteiger partial charge in [-0.25, -0.2) is 0 Å². The van der Waals surface area contributed by atoms with E-state index in [0.717, 1.165) is 6.42 Å². The van der Waals surface area contributed by atoms with E-state index in [1.165, 1.54) is 20.3 Å². The second-order valence-corrected chi connectivity index (χ2v) is 11.1. The second-order valence-electron chi connectivity index (χ2n) is 5.47. The van der Waals surface area contributed by atoms with Gasteiger partial charge in [0.1, 0.15) is 6.04 Å². The van der Waals surface area contributed by atoms with E-state index in [2.05, 4.69) is 34.4 Å². The number of carbonyl (C=O) groups excluding carboxylic acids is 2. The minimum absolute atomic E-state index is 0.0100. The zero-order valence-corrected chi connectivity index (χ0v) is 13.0. The third-order valence-electron chi connectivity index (χ3n) is 2.58. The topological polar surface area (TPSA) is 64.6 Å². The molecule has 0 aliphatic rings. The van der Waals surface area contributed by atoms with Gasteiger partial charge in [0.25, 0.3) is 0 Å². The van der Waals surface area contributed by atoms with E-state index in [0.29, 0.717) is 6.54 Å². The summed E-state index contributed by atoms with van der Waals surface area (Å²) >= 11 is 0. The summed E-state index contributed by atoms with van der Waals surface area (Å²) in [5, 5.41) is 3.06. The highest BCUT2D eigenvalue weighted by atomic mass is 28.3. The Kier molecular flexibility index (Phi) is 7.85. The Bertz CT molecular complexity index is 276. The quantitative estimate of drug-likeness (QED) is 0.412. The summed E-state index contributed by atoms with van der Waals surface area (Å²) < 4.78 is 9.21. The van der Waals surface area contributed by atoms with Crippen molar-refractivity contribution < 1.29 is 19.1 Å². The summed E-state index contributed by atoms with van der Waals surface area (Å²) in [6, 6.07) is 0.579. The van der Waals surface area contributed by atoms with Gasteiger partial charge in [0.15, 0.2) is 0 Å². The SMILES string of the molecule is COC(=O)CC(NCCC[Si](C)(C)C)C(=O)OC. The Morgan fingerprint density at radius 3 is 2.22 bits per heavy atom. The maximum Gasteiger partial charge on any atom is 0.323 e. The van der Waals surface area contributed by atoms with E-state index in [-0.39, 0.29) is 6.42 Å². The molecule has 0 bridgehead atoms. The van der Waals surface area contributed by atoms with Crippen LogP contribution in [-0.4, -0.2) is 46.8 Å². The molecule has 0 aliphatic carbocycles. The Morgan fingerprint density at radius 1 is 1.17 bits per heavy atom. The highest BCUT2D eigenvalue weighted by Gasteiger charge is 2.22. The van der Waals surface area contributed by atoms with Crippen LogP contribution in [-0.2, 0) is 19.1 Å². The van der Waals surface area contributed by atoms with Crippen LogP contribution in [0.1, 0.15) is 12.8 Å². The molecule has 0 fully saturated rings. The molecule has 5 nitrogen and oxygen atoms in total. The third kappa shape index (κ3) is 8.24. The molecule has 1 atom stereocenters. The highest BCUT2D eigenvalue weighted by molar-refractivity contribution is 6.76. The van der Waals surface area contributed by atoms with Crippen LogP contribution >= 0.6 is 0 Å². The van der Waals surface area contributed by atoms with E-state index in [9.17, 15) is 9.59 Å². The smallest absolute Gasteiger partial charge is 0.323 e. The second kappa shape index (κ2) is 8.26. The summed E-state index contributed by atoms with van der Waals surface area (Å²) in [6.07, 6.45) is 1.01. The van der Waals surface area contributed by atoms with Gasteiger partial charge in [0.05, 0.1) is 20.6 Å². The van der Waals surface area contributed by atoms with Gasteiger partial charge < -0.3 is 14.8 Å². The third-order valence-corrected chi connectivity index (χ3v) is 4.43. The molecule has 0 saturated carbocycles. The van der Waals surface area contributed by atoms with Gasteiger partial charge in [-0.3, -0.25) is 9.59 Å². The van der Waals surface area contributed by atoms with Gasteiger partial charge >= 0.3 is 11.9 Å². The van der Waals surface area contributed by atoms with E-state index in [4.69, 9.17) is 0 Å². The molecule has 0 aromatic carbocycles. The van der Waals surface area contributed by atoms with Crippen LogP contribution in [0.4, 0.5) is 0 Å². The average molecular weight is 275 g/mol. The van der Waals surface area contributed by atoms with Crippen molar-refractivity contribution in [1.29, 1.82) is 0 Å². The van der Waals surface area contributed by atoms with Crippen molar-refractivity contribution in [3.8, 4) is 0 Å². The van der Waals surface area contributed by atoms with Crippen molar-refractivity contribution in [2.24, 2.45) is 0 Å². The molecule has 0 aromatic heterocycles. The molecular weight excluding hydrogens is 250 g/mol. The standard InChI is InChI=1S/C12H25NO4Si/c1-16-11(14)9-10(12(15)17-2)13-7-6-8-18(3,4)5/h10,13H,6-9H2,1-5H3. The van der Waals surface area contributed by atoms with Crippen LogP contribution in [0.3, 0.4) is 0 Å². The molecule has 0 aliphatic heterocycles. The Balaban J connectivity index is 4.10. The van der Waals surface area contributed by atoms with Crippen molar-refractivity contribution in [2.75, 3.05) is 20.8 Å². The van der Waals surface area contributed by atoms with Crippen molar-refractivity contribution in [1.82, 2.24) is 5.32 Å². The zero-order chi connectivity index (χ0) is 14.2. The number of ether oxygens (including phenoxy) is 2. The lowest BCUT2D eigenvalue weighted by Gasteiger charge is -2.18. The van der Waals surface area contributed by atoms with Crippen molar-refractivity contribution in [3.05, 3.63) is 0 Å². The largest absolute Gasteiger partial charge is 0.469 e. The number of carbonyl (C=O) groups is 2. The number of hydrogen-bond donors (Lipinski definition) is 1. The van der Waals surface area contributed by atoms with Gasteiger partial charge in [-0.05, 0) is 13.0 Å². The lowest BCUT2D eigenvalue weighted by atomic mass is 10.2. The first-order chi connectivity index (χ1) is 8.30. The summed E-state index contributed by atoms with van der Waals surface area (Å²) in [4.78, 5) is 22.6. The molecule has 6 heteroatoms. The van der Waals surface area contributed by atoms with Gasteiger partial charge in [0, 0.05) is 8.07 Å². The highest BCUT2D eigenvalue weighted by Crippen LogP contribution is 2.10. The van der Waals surface area contributed by atoms with Gasteiger partial charge in [0.2, 0.25) is 0 Å². The van der Waals surface area contributed by atoms with E-state index in [1.54, 1.807) is 0 Å². The van der Waals surface area contributed by atoms with Crippen LogP contribution in [0.15, 0.2) is 0 Å². The molecular formula is C12H25NO4Si. The summed E-state index contributed by atoms with van der Waals surface area (Å²) in [5.74, 6) is -0.837. The molecule has 0 aromatic rings. The number of esters is 2. The molecule has 1 N–H and O–H groups in total. The predicted molar refractivity (Wildman–Crippen MR) is 73.2 cm³/mol. The monoisotopic (exact) mass is 275 g/mol.